The number of hydrogen-bond donors (Lipinski definition) is 1. The minimum atomic E-state index is -0.518. The number of benzene rings is 1. The van der Waals surface area contributed by atoms with Gasteiger partial charge in [-0.25, -0.2) is 0 Å². The van der Waals surface area contributed by atoms with Crippen molar-refractivity contribution in [3.05, 3.63) is 50.5 Å². The van der Waals surface area contributed by atoms with Crippen LogP contribution in [-0.4, -0.2) is 29.7 Å². The van der Waals surface area contributed by atoms with E-state index in [2.05, 4.69) is 16.1 Å². The number of nitro groups is 1. The van der Waals surface area contributed by atoms with Crippen molar-refractivity contribution in [2.45, 2.75) is 12.3 Å². The van der Waals surface area contributed by atoms with Gasteiger partial charge in [0.15, 0.2) is 0 Å². The lowest BCUT2D eigenvalue weighted by Gasteiger charge is -2.24. The van der Waals surface area contributed by atoms with Gasteiger partial charge in [-0.15, -0.1) is 0 Å². The molecule has 1 aromatic carbocycles. The van der Waals surface area contributed by atoms with Gasteiger partial charge in [0.05, 0.1) is 34.5 Å². The van der Waals surface area contributed by atoms with E-state index in [4.69, 9.17) is 0 Å². The molecule has 0 spiro atoms. The summed E-state index contributed by atoms with van der Waals surface area (Å²) in [4.78, 5) is 33.4. The van der Waals surface area contributed by atoms with Crippen LogP contribution in [0.25, 0.3) is 0 Å². The van der Waals surface area contributed by atoms with Gasteiger partial charge in [-0.05, 0) is 5.56 Å². The molecule has 0 saturated heterocycles. The molecule has 0 bridgehead atoms. The van der Waals surface area contributed by atoms with E-state index >= 15 is 0 Å². The van der Waals surface area contributed by atoms with Crippen molar-refractivity contribution in [1.29, 1.82) is 5.26 Å². The quantitative estimate of drug-likeness (QED) is 0.490. The number of nitriles is 1. The number of nitrogens with one attached hydrogen (secondary N) is 1. The van der Waals surface area contributed by atoms with Crippen LogP contribution in [-0.2, 0) is 14.3 Å². The average Bonchev–Trinajstić information content (AvgIpc) is 2.59. The highest BCUT2D eigenvalue weighted by molar-refractivity contribution is 8.03. The molecule has 1 aliphatic heterocycles. The minimum Gasteiger partial charge on any atom is -0.468 e. The number of methoxy groups -OCH3 is 1. The van der Waals surface area contributed by atoms with E-state index < -0.39 is 16.8 Å². The fraction of sp³-hybridized carbons (Fsp3) is 0.267. The molecule has 0 radical (unpaired) electrons. The van der Waals surface area contributed by atoms with Crippen molar-refractivity contribution in [3.63, 3.8) is 0 Å². The molecule has 9 heteroatoms. The van der Waals surface area contributed by atoms with Crippen LogP contribution >= 0.6 is 11.8 Å². The summed E-state index contributed by atoms with van der Waals surface area (Å²) in [5.41, 5.74) is 0.877. The number of thioether (sulfide) groups is 1. The average molecular weight is 347 g/mol. The molecule has 1 amide bonds. The third-order valence-corrected chi connectivity index (χ3v) is 4.42. The van der Waals surface area contributed by atoms with Crippen LogP contribution in [0.15, 0.2) is 34.9 Å². The zero-order valence-electron chi connectivity index (χ0n) is 12.6. The number of carbonyl (C=O) groups excluding carboxylic acids is 2. The first-order chi connectivity index (χ1) is 11.5. The molecule has 0 unspecified atom stereocenters. The van der Waals surface area contributed by atoms with Crippen LogP contribution in [0.2, 0.25) is 0 Å². The van der Waals surface area contributed by atoms with Crippen molar-refractivity contribution in [3.8, 4) is 6.07 Å². The van der Waals surface area contributed by atoms with Gasteiger partial charge in [0, 0.05) is 24.5 Å². The van der Waals surface area contributed by atoms with Gasteiger partial charge in [-0.2, -0.15) is 5.26 Å². The zero-order chi connectivity index (χ0) is 17.7. The first kappa shape index (κ1) is 17.5. The van der Waals surface area contributed by atoms with E-state index in [0.29, 0.717) is 16.2 Å². The Kier molecular flexibility index (Phi) is 5.55. The van der Waals surface area contributed by atoms with Gasteiger partial charge in [-0.3, -0.25) is 19.7 Å². The monoisotopic (exact) mass is 347 g/mol. The van der Waals surface area contributed by atoms with E-state index in [-0.39, 0.29) is 23.8 Å². The second-order valence-electron chi connectivity index (χ2n) is 4.87. The third kappa shape index (κ3) is 3.91. The maximum Gasteiger partial charge on any atom is 0.316 e. The van der Waals surface area contributed by atoms with E-state index in [0.717, 1.165) is 11.8 Å². The maximum atomic E-state index is 11.9. The first-order valence-corrected chi connectivity index (χ1v) is 7.83. The predicted molar refractivity (Wildman–Crippen MR) is 85.7 cm³/mol. The molecule has 1 N–H and O–H groups in total. The summed E-state index contributed by atoms with van der Waals surface area (Å²) in [5, 5.41) is 23.1. The number of allylic oxidation sites excluding steroid dienone is 1. The third-order valence-electron chi connectivity index (χ3n) is 3.42. The second kappa shape index (κ2) is 7.61. The SMILES string of the molecule is COC(=O)CSC1=C(C#N)[C@H](c2ccc([N+](=O)[O-])cc2)CC(=O)N1. The fourth-order valence-electron chi connectivity index (χ4n) is 2.24. The Morgan fingerprint density at radius 3 is 2.71 bits per heavy atom. The molecule has 1 heterocycles. The van der Waals surface area contributed by atoms with Gasteiger partial charge in [0.25, 0.3) is 5.69 Å². The summed E-state index contributed by atoms with van der Waals surface area (Å²) in [6.07, 6.45) is 0.0585. The lowest BCUT2D eigenvalue weighted by molar-refractivity contribution is -0.384. The highest BCUT2D eigenvalue weighted by atomic mass is 32.2. The van der Waals surface area contributed by atoms with Crippen LogP contribution in [0, 0.1) is 21.4 Å². The summed E-state index contributed by atoms with van der Waals surface area (Å²) < 4.78 is 4.54. The van der Waals surface area contributed by atoms with Crippen molar-refractivity contribution in [2.75, 3.05) is 12.9 Å². The zero-order valence-corrected chi connectivity index (χ0v) is 13.5. The normalized spacial score (nSPS) is 17.0. The largest absolute Gasteiger partial charge is 0.468 e. The number of nitro benzene ring substituents is 1. The number of rotatable bonds is 5. The molecule has 1 atom stereocenters. The Morgan fingerprint density at radius 1 is 1.50 bits per heavy atom. The summed E-state index contributed by atoms with van der Waals surface area (Å²) in [6.45, 7) is 0. The predicted octanol–water partition coefficient (Wildman–Crippen LogP) is 1.84. The van der Waals surface area contributed by atoms with Gasteiger partial charge in [0.1, 0.15) is 0 Å². The van der Waals surface area contributed by atoms with Gasteiger partial charge >= 0.3 is 5.97 Å². The number of nitrogens with zero attached hydrogens (tertiary/aromatic N) is 2. The lowest BCUT2D eigenvalue weighted by atomic mass is 9.87. The number of non-ortho nitro benzene ring substituents is 1. The topological polar surface area (TPSA) is 122 Å². The van der Waals surface area contributed by atoms with E-state index in [1.165, 1.54) is 31.4 Å². The first-order valence-electron chi connectivity index (χ1n) is 6.84. The highest BCUT2D eigenvalue weighted by Gasteiger charge is 2.30. The molecule has 0 saturated carbocycles. The van der Waals surface area contributed by atoms with E-state index in [9.17, 15) is 25.0 Å². The van der Waals surface area contributed by atoms with Crippen LogP contribution in [0.3, 0.4) is 0 Å². The molecule has 2 rings (SSSR count). The molecule has 0 aromatic heterocycles. The molecule has 0 fully saturated rings. The van der Waals surface area contributed by atoms with Crippen molar-refractivity contribution < 1.29 is 19.2 Å². The smallest absolute Gasteiger partial charge is 0.316 e. The Balaban J connectivity index is 2.33. The van der Waals surface area contributed by atoms with Crippen LogP contribution in [0.5, 0.6) is 0 Å². The van der Waals surface area contributed by atoms with Crippen LogP contribution in [0.1, 0.15) is 17.9 Å². The molecule has 1 aromatic rings. The fourth-order valence-corrected chi connectivity index (χ4v) is 3.15. The van der Waals surface area contributed by atoms with E-state index in [1.807, 2.05) is 0 Å². The second-order valence-corrected chi connectivity index (χ2v) is 5.86. The Hall–Kier alpha value is -2.86. The Morgan fingerprint density at radius 2 is 2.17 bits per heavy atom. The number of esters is 1. The number of amides is 1. The van der Waals surface area contributed by atoms with Crippen molar-refractivity contribution in [1.82, 2.24) is 5.32 Å². The number of carbonyl (C=O) groups is 2. The lowest BCUT2D eigenvalue weighted by Crippen LogP contribution is -2.31. The highest BCUT2D eigenvalue weighted by Crippen LogP contribution is 2.36. The van der Waals surface area contributed by atoms with E-state index in [1.54, 1.807) is 0 Å². The molecule has 1 aliphatic rings. The standard InChI is InChI=1S/C15H13N3O5S/c1-23-14(20)8-24-15-12(7-16)11(6-13(19)17-15)9-2-4-10(5-3-9)18(21)22/h2-5,11H,6,8H2,1H3,(H,17,19)/t11-/m0/s1. The number of hydrogen-bond acceptors (Lipinski definition) is 7. The molecule has 0 aliphatic carbocycles. The number of ether oxygens (including phenoxy) is 1. The van der Waals surface area contributed by atoms with Crippen LogP contribution in [0.4, 0.5) is 5.69 Å². The molecular formula is C15H13N3O5S. The Bertz CT molecular complexity index is 751. The maximum absolute atomic E-state index is 11.9. The van der Waals surface area contributed by atoms with Gasteiger partial charge in [0.2, 0.25) is 5.91 Å². The Labute approximate surface area is 141 Å². The van der Waals surface area contributed by atoms with Crippen molar-refractivity contribution >= 4 is 29.3 Å². The van der Waals surface area contributed by atoms with Gasteiger partial charge in [-0.1, -0.05) is 23.9 Å². The summed E-state index contributed by atoms with van der Waals surface area (Å²) in [5.74, 6) is -1.31. The summed E-state index contributed by atoms with van der Waals surface area (Å²) in [7, 11) is 1.25. The molecule has 8 nitrogen and oxygen atoms in total. The molecule has 124 valence electrons. The molecule has 24 heavy (non-hydrogen) atoms. The minimum absolute atomic E-state index is 0.0374. The summed E-state index contributed by atoms with van der Waals surface area (Å²) in [6, 6.07) is 7.78. The van der Waals surface area contributed by atoms with Crippen molar-refractivity contribution in [2.24, 2.45) is 0 Å². The summed E-state index contributed by atoms with van der Waals surface area (Å²) >= 11 is 1.02. The van der Waals surface area contributed by atoms with Gasteiger partial charge < -0.3 is 10.1 Å². The van der Waals surface area contributed by atoms with Crippen LogP contribution < -0.4 is 5.32 Å². The molecular weight excluding hydrogens is 334 g/mol.